The first-order chi connectivity index (χ1) is 7.08. The third-order valence-electron chi connectivity index (χ3n) is 2.55. The highest BCUT2D eigenvalue weighted by Gasteiger charge is 2.16. The minimum Gasteiger partial charge on any atom is -0.461 e. The summed E-state index contributed by atoms with van der Waals surface area (Å²) in [4.78, 5) is 2.00. The normalized spacial score (nSPS) is 18.9. The van der Waals surface area contributed by atoms with Crippen molar-refractivity contribution in [3.05, 3.63) is 29.8 Å². The van der Waals surface area contributed by atoms with Gasteiger partial charge in [0.15, 0.2) is 0 Å². The average molecular weight is 205 g/mol. The Bertz CT molecular complexity index is 410. The fourth-order valence-electron chi connectivity index (χ4n) is 1.68. The van der Waals surface area contributed by atoms with E-state index < -0.39 is 6.29 Å². The number of allylic oxidation sites excluding steroid dienone is 1. The predicted molar refractivity (Wildman–Crippen MR) is 61.1 cm³/mol. The second-order valence-electron chi connectivity index (χ2n) is 3.93. The van der Waals surface area contributed by atoms with Crippen LogP contribution in [-0.2, 0) is 0 Å². The second-order valence-corrected chi connectivity index (χ2v) is 3.93. The Morgan fingerprint density at radius 2 is 2.07 bits per heavy atom. The molecule has 1 N–H and O–H groups in total. The van der Waals surface area contributed by atoms with Crippen LogP contribution in [0.5, 0.6) is 5.75 Å². The summed E-state index contributed by atoms with van der Waals surface area (Å²) in [5.41, 5.74) is 3.16. The number of nitrogens with zero attached hydrogens (tertiary/aromatic N) is 1. The molecule has 0 spiro atoms. The van der Waals surface area contributed by atoms with Gasteiger partial charge in [-0.1, -0.05) is 0 Å². The van der Waals surface area contributed by atoms with Gasteiger partial charge in [0.05, 0.1) is 0 Å². The molecule has 3 heteroatoms. The van der Waals surface area contributed by atoms with Crippen molar-refractivity contribution in [1.29, 1.82) is 0 Å². The quantitative estimate of drug-likeness (QED) is 0.759. The van der Waals surface area contributed by atoms with Crippen LogP contribution in [0.3, 0.4) is 0 Å². The number of hydrogen-bond acceptors (Lipinski definition) is 3. The van der Waals surface area contributed by atoms with Crippen molar-refractivity contribution < 1.29 is 9.84 Å². The van der Waals surface area contributed by atoms with E-state index in [1.54, 1.807) is 6.08 Å². The summed E-state index contributed by atoms with van der Waals surface area (Å²) < 4.78 is 5.35. The van der Waals surface area contributed by atoms with Gasteiger partial charge in [0, 0.05) is 31.4 Å². The van der Waals surface area contributed by atoms with Gasteiger partial charge in [0.25, 0.3) is 0 Å². The highest BCUT2D eigenvalue weighted by molar-refractivity contribution is 5.73. The second kappa shape index (κ2) is 3.59. The number of ether oxygens (including phenoxy) is 1. The highest BCUT2D eigenvalue weighted by atomic mass is 16.6. The molecule has 15 heavy (non-hydrogen) atoms. The number of anilines is 1. The zero-order valence-electron chi connectivity index (χ0n) is 9.19. The Kier molecular flexibility index (Phi) is 2.40. The van der Waals surface area contributed by atoms with E-state index in [0.717, 1.165) is 22.6 Å². The van der Waals surface area contributed by atoms with Crippen LogP contribution >= 0.6 is 0 Å². The maximum atomic E-state index is 9.44. The van der Waals surface area contributed by atoms with E-state index in [0.29, 0.717) is 0 Å². The molecule has 0 bridgehead atoms. The minimum atomic E-state index is -0.824. The molecule has 2 rings (SSSR count). The third-order valence-corrected chi connectivity index (χ3v) is 2.55. The fraction of sp³-hybridized carbons (Fsp3) is 0.333. The lowest BCUT2D eigenvalue weighted by Crippen LogP contribution is -2.18. The number of rotatable bonds is 1. The van der Waals surface area contributed by atoms with E-state index in [2.05, 4.69) is 0 Å². The van der Waals surface area contributed by atoms with E-state index in [1.165, 1.54) is 0 Å². The smallest absolute Gasteiger partial charge is 0.217 e. The molecule has 1 aromatic rings. The number of aliphatic hydroxyl groups excluding tert-OH is 1. The maximum absolute atomic E-state index is 9.44. The van der Waals surface area contributed by atoms with Crippen molar-refractivity contribution >= 4 is 11.3 Å². The van der Waals surface area contributed by atoms with Gasteiger partial charge < -0.3 is 14.7 Å². The molecule has 1 aliphatic rings. The molecule has 1 heterocycles. The number of aliphatic hydroxyl groups is 1. The predicted octanol–water partition coefficient (Wildman–Crippen LogP) is 1.87. The molecule has 0 amide bonds. The zero-order chi connectivity index (χ0) is 11.0. The Morgan fingerprint density at radius 1 is 1.33 bits per heavy atom. The van der Waals surface area contributed by atoms with Crippen molar-refractivity contribution in [2.45, 2.75) is 13.2 Å². The first kappa shape index (κ1) is 10.1. The SMILES string of the molecule is CC1=CC(O)Oc2cc(N(C)C)ccc21. The standard InChI is InChI=1S/C12H15NO2/c1-8-6-12(14)15-11-7-9(13(2)3)4-5-10(8)11/h4-7,12,14H,1-3H3. The molecule has 0 saturated heterocycles. The van der Waals surface area contributed by atoms with Crippen molar-refractivity contribution in [2.75, 3.05) is 19.0 Å². The Hall–Kier alpha value is -1.48. The van der Waals surface area contributed by atoms with E-state index in [-0.39, 0.29) is 0 Å². The summed E-state index contributed by atoms with van der Waals surface area (Å²) in [6, 6.07) is 5.99. The molecule has 0 aromatic heterocycles. The molecule has 0 saturated carbocycles. The van der Waals surface area contributed by atoms with Crippen LogP contribution in [-0.4, -0.2) is 25.5 Å². The van der Waals surface area contributed by atoms with E-state index >= 15 is 0 Å². The lowest BCUT2D eigenvalue weighted by atomic mass is 10.0. The first-order valence-electron chi connectivity index (χ1n) is 4.93. The summed E-state index contributed by atoms with van der Waals surface area (Å²) in [7, 11) is 3.95. The highest BCUT2D eigenvalue weighted by Crippen LogP contribution is 2.33. The maximum Gasteiger partial charge on any atom is 0.217 e. The molecule has 1 aromatic carbocycles. The summed E-state index contributed by atoms with van der Waals surface area (Å²) in [6.45, 7) is 1.97. The van der Waals surface area contributed by atoms with Crippen molar-refractivity contribution in [3.63, 3.8) is 0 Å². The van der Waals surface area contributed by atoms with E-state index in [9.17, 15) is 5.11 Å². The summed E-state index contributed by atoms with van der Waals surface area (Å²) in [6.07, 6.45) is 0.882. The van der Waals surface area contributed by atoms with Crippen molar-refractivity contribution in [1.82, 2.24) is 0 Å². The van der Waals surface area contributed by atoms with Gasteiger partial charge in [-0.3, -0.25) is 0 Å². The van der Waals surface area contributed by atoms with E-state index in [1.807, 2.05) is 44.1 Å². The molecular formula is C12H15NO2. The lowest BCUT2D eigenvalue weighted by molar-refractivity contribution is 0.0225. The van der Waals surface area contributed by atoms with Crippen LogP contribution in [0.4, 0.5) is 5.69 Å². The molecule has 0 aliphatic carbocycles. The number of fused-ring (bicyclic) bond motifs is 1. The minimum absolute atomic E-state index is 0.744. The largest absolute Gasteiger partial charge is 0.461 e. The monoisotopic (exact) mass is 205 g/mol. The third kappa shape index (κ3) is 1.83. The molecule has 0 fully saturated rings. The van der Waals surface area contributed by atoms with Gasteiger partial charge in [-0.2, -0.15) is 0 Å². The molecule has 1 aliphatic heterocycles. The summed E-state index contributed by atoms with van der Waals surface area (Å²) >= 11 is 0. The zero-order valence-corrected chi connectivity index (χ0v) is 9.19. The van der Waals surface area contributed by atoms with Crippen molar-refractivity contribution in [2.24, 2.45) is 0 Å². The van der Waals surface area contributed by atoms with Gasteiger partial charge in [0.2, 0.25) is 6.29 Å². The van der Waals surface area contributed by atoms with Crippen molar-refractivity contribution in [3.8, 4) is 5.75 Å². The van der Waals surface area contributed by atoms with Crippen LogP contribution in [0, 0.1) is 0 Å². The molecule has 3 nitrogen and oxygen atoms in total. The summed E-state index contributed by atoms with van der Waals surface area (Å²) in [5.74, 6) is 0.744. The molecule has 1 unspecified atom stereocenters. The van der Waals surface area contributed by atoms with Gasteiger partial charge in [-0.25, -0.2) is 0 Å². The van der Waals surface area contributed by atoms with Gasteiger partial charge in [0.1, 0.15) is 5.75 Å². The number of benzene rings is 1. The number of hydrogen-bond donors (Lipinski definition) is 1. The molecule has 0 radical (unpaired) electrons. The molecule has 80 valence electrons. The lowest BCUT2D eigenvalue weighted by Gasteiger charge is -2.22. The van der Waals surface area contributed by atoms with Crippen LogP contribution in [0.25, 0.3) is 5.57 Å². The topological polar surface area (TPSA) is 32.7 Å². The average Bonchev–Trinajstić information content (AvgIpc) is 2.16. The van der Waals surface area contributed by atoms with E-state index in [4.69, 9.17) is 4.74 Å². The van der Waals surface area contributed by atoms with Crippen LogP contribution in [0.2, 0.25) is 0 Å². The van der Waals surface area contributed by atoms with Gasteiger partial charge in [-0.05, 0) is 30.7 Å². The first-order valence-corrected chi connectivity index (χ1v) is 4.93. The fourth-order valence-corrected chi connectivity index (χ4v) is 1.68. The Labute approximate surface area is 89.6 Å². The van der Waals surface area contributed by atoms with Gasteiger partial charge >= 0.3 is 0 Å². The van der Waals surface area contributed by atoms with Crippen LogP contribution < -0.4 is 9.64 Å². The molecular weight excluding hydrogens is 190 g/mol. The van der Waals surface area contributed by atoms with Crippen LogP contribution in [0.1, 0.15) is 12.5 Å². The van der Waals surface area contributed by atoms with Crippen LogP contribution in [0.15, 0.2) is 24.3 Å². The van der Waals surface area contributed by atoms with Gasteiger partial charge in [-0.15, -0.1) is 0 Å². The summed E-state index contributed by atoms with van der Waals surface area (Å²) in [5, 5.41) is 9.44. The molecule has 1 atom stereocenters. The Morgan fingerprint density at radius 3 is 2.73 bits per heavy atom. The Balaban J connectivity index is 2.46.